The summed E-state index contributed by atoms with van der Waals surface area (Å²) in [6.07, 6.45) is 0. The number of furan rings is 1. The summed E-state index contributed by atoms with van der Waals surface area (Å²) < 4.78 is 6.37. The Balaban J connectivity index is 1.07. The minimum absolute atomic E-state index is 0.547. The average Bonchev–Trinajstić information content (AvgIpc) is 3.84. The predicted molar refractivity (Wildman–Crippen MR) is 253 cm³/mol. The third-order valence-corrected chi connectivity index (χ3v) is 13.1. The maximum Gasteiger partial charge on any atom is 0.161 e. The molecule has 3 nitrogen and oxygen atoms in total. The van der Waals surface area contributed by atoms with Gasteiger partial charge in [0, 0.05) is 27.5 Å². The highest BCUT2D eigenvalue weighted by atomic mass is 16.3. The van der Waals surface area contributed by atoms with Crippen LogP contribution in [0.1, 0.15) is 22.3 Å². The van der Waals surface area contributed by atoms with Crippen molar-refractivity contribution in [2.45, 2.75) is 5.41 Å². The van der Waals surface area contributed by atoms with Crippen molar-refractivity contribution in [2.24, 2.45) is 0 Å². The number of fused-ring (bicyclic) bond motifs is 15. The Labute approximate surface area is 359 Å². The van der Waals surface area contributed by atoms with Gasteiger partial charge in [-0.2, -0.15) is 0 Å². The number of hydrogen-bond donors (Lipinski definition) is 0. The van der Waals surface area contributed by atoms with E-state index in [1.54, 1.807) is 0 Å². The highest BCUT2D eigenvalue weighted by Crippen LogP contribution is 2.61. The summed E-state index contributed by atoms with van der Waals surface area (Å²) >= 11 is 0. The van der Waals surface area contributed by atoms with Gasteiger partial charge in [-0.3, -0.25) is 0 Å². The first-order valence-electron chi connectivity index (χ1n) is 21.2. The van der Waals surface area contributed by atoms with Crippen LogP contribution in [0.2, 0.25) is 0 Å². The third kappa shape index (κ3) is 5.00. The summed E-state index contributed by atoms with van der Waals surface area (Å²) in [5.41, 5.74) is 20.7. The molecule has 62 heavy (non-hydrogen) atoms. The number of para-hydroxylation sites is 1. The molecule has 0 atom stereocenters. The van der Waals surface area contributed by atoms with Gasteiger partial charge >= 0.3 is 0 Å². The molecule has 2 aliphatic carbocycles. The lowest BCUT2D eigenvalue weighted by atomic mass is 9.66. The largest absolute Gasteiger partial charge is 0.456 e. The maximum atomic E-state index is 6.37. The Hall–Kier alpha value is -8.14. The monoisotopic (exact) mass is 788 g/mol. The molecule has 2 heterocycles. The van der Waals surface area contributed by atoms with Gasteiger partial charge in [0.25, 0.3) is 0 Å². The summed E-state index contributed by atoms with van der Waals surface area (Å²) in [5.74, 6) is 0.654. The van der Waals surface area contributed by atoms with Crippen LogP contribution in [0, 0.1) is 0 Å². The Morgan fingerprint density at radius 2 is 0.790 bits per heavy atom. The molecule has 2 aromatic heterocycles. The first kappa shape index (κ1) is 34.7. The van der Waals surface area contributed by atoms with E-state index < -0.39 is 5.41 Å². The number of rotatable bonds is 4. The average molecular weight is 789 g/mol. The van der Waals surface area contributed by atoms with E-state index in [0.29, 0.717) is 5.82 Å². The topological polar surface area (TPSA) is 38.9 Å². The van der Waals surface area contributed by atoms with Crippen molar-refractivity contribution in [1.29, 1.82) is 0 Å². The van der Waals surface area contributed by atoms with Crippen molar-refractivity contribution >= 4 is 21.9 Å². The summed E-state index contributed by atoms with van der Waals surface area (Å²) in [6.45, 7) is 0. The van der Waals surface area contributed by atoms with Gasteiger partial charge in [-0.05, 0) is 97.1 Å². The summed E-state index contributed by atoms with van der Waals surface area (Å²) in [5, 5.41) is 2.06. The van der Waals surface area contributed by atoms with Crippen LogP contribution in [-0.4, -0.2) is 9.97 Å². The van der Waals surface area contributed by atoms with Gasteiger partial charge in [0.15, 0.2) is 5.82 Å². The van der Waals surface area contributed by atoms with Crippen LogP contribution in [0.4, 0.5) is 0 Å². The van der Waals surface area contributed by atoms with Gasteiger partial charge in [0.2, 0.25) is 0 Å². The fraction of sp³-hybridized carbons (Fsp3) is 0.0169. The van der Waals surface area contributed by atoms with Gasteiger partial charge in [-0.25, -0.2) is 9.97 Å². The van der Waals surface area contributed by atoms with Gasteiger partial charge in [-0.15, -0.1) is 0 Å². The molecule has 11 aromatic rings. The molecule has 0 radical (unpaired) electrons. The Kier molecular flexibility index (Phi) is 7.52. The van der Waals surface area contributed by atoms with Crippen LogP contribution < -0.4 is 0 Å². The number of hydrogen-bond acceptors (Lipinski definition) is 3. The van der Waals surface area contributed by atoms with E-state index in [9.17, 15) is 0 Å². The lowest BCUT2D eigenvalue weighted by molar-refractivity contribution is 0.669. The van der Waals surface area contributed by atoms with Crippen LogP contribution in [0.5, 0.6) is 0 Å². The quantitative estimate of drug-likeness (QED) is 0.178. The smallest absolute Gasteiger partial charge is 0.161 e. The van der Waals surface area contributed by atoms with E-state index in [2.05, 4.69) is 194 Å². The highest BCUT2D eigenvalue weighted by molar-refractivity contribution is 6.12. The zero-order valence-corrected chi connectivity index (χ0v) is 33.6. The van der Waals surface area contributed by atoms with Gasteiger partial charge in [-0.1, -0.05) is 188 Å². The van der Waals surface area contributed by atoms with Crippen molar-refractivity contribution in [1.82, 2.24) is 9.97 Å². The zero-order chi connectivity index (χ0) is 40.8. The molecule has 288 valence electrons. The van der Waals surface area contributed by atoms with Gasteiger partial charge < -0.3 is 4.42 Å². The zero-order valence-electron chi connectivity index (χ0n) is 33.6. The van der Waals surface area contributed by atoms with Crippen LogP contribution in [-0.2, 0) is 5.41 Å². The number of nitrogens with zero attached hydrogens (tertiary/aromatic N) is 2. The lowest BCUT2D eigenvalue weighted by Gasteiger charge is -2.35. The van der Waals surface area contributed by atoms with Crippen LogP contribution >= 0.6 is 0 Å². The van der Waals surface area contributed by atoms with Crippen molar-refractivity contribution in [3.63, 3.8) is 0 Å². The molecule has 0 fully saturated rings. The second-order valence-corrected chi connectivity index (χ2v) is 16.4. The Morgan fingerprint density at radius 3 is 1.48 bits per heavy atom. The van der Waals surface area contributed by atoms with Gasteiger partial charge in [0.05, 0.1) is 16.8 Å². The summed E-state index contributed by atoms with van der Waals surface area (Å²) in [6, 6.07) is 78.7. The molecule has 0 unspecified atom stereocenters. The highest BCUT2D eigenvalue weighted by Gasteiger charge is 2.49. The molecule has 3 heteroatoms. The summed E-state index contributed by atoms with van der Waals surface area (Å²) in [7, 11) is 0. The van der Waals surface area contributed by atoms with Crippen molar-refractivity contribution in [2.75, 3.05) is 0 Å². The number of benzene rings is 9. The standard InChI is InChI=1S/C59H36N2O/c1-2-16-37(17-3-1)38-18-14-19-39(34-38)53-36-54(61-58(60-53)47-26-15-31-56-57(47)46-25-9-13-30-55(46)62-56)40-32-33-52-48(35-40)45-24-8-12-29-51(45)59(52)49-27-10-6-22-43(49)41-20-4-5-21-42(41)44-23-7-11-28-50(44)59/h1-36H. The first-order chi connectivity index (χ1) is 30.7. The minimum atomic E-state index is -0.547. The van der Waals surface area contributed by atoms with E-state index in [4.69, 9.17) is 14.4 Å². The maximum absolute atomic E-state index is 6.37. The summed E-state index contributed by atoms with van der Waals surface area (Å²) in [4.78, 5) is 10.8. The van der Waals surface area contributed by atoms with Gasteiger partial charge in [0.1, 0.15) is 11.2 Å². The molecule has 0 aliphatic heterocycles. The molecule has 2 aliphatic rings. The SMILES string of the molecule is c1ccc(-c2cccc(-c3cc(-c4ccc5c(c4)-c4ccccc4C54c5ccccc5-c5ccccc5-c5ccccc54)nc(-c4cccc5oc6ccccc6c45)n3)c2)cc1. The fourth-order valence-corrected chi connectivity index (χ4v) is 10.5. The van der Waals surface area contributed by atoms with Crippen molar-refractivity contribution < 1.29 is 4.42 Å². The molecule has 1 spiro atoms. The Morgan fingerprint density at radius 1 is 0.306 bits per heavy atom. The molecule has 9 aromatic carbocycles. The van der Waals surface area contributed by atoms with Crippen LogP contribution in [0.25, 0.3) is 100 Å². The molecular weight excluding hydrogens is 753 g/mol. The molecular formula is C59H36N2O. The minimum Gasteiger partial charge on any atom is -0.456 e. The van der Waals surface area contributed by atoms with E-state index >= 15 is 0 Å². The lowest BCUT2D eigenvalue weighted by Crippen LogP contribution is -2.29. The van der Waals surface area contributed by atoms with Crippen LogP contribution in [0.15, 0.2) is 223 Å². The molecule has 0 bridgehead atoms. The fourth-order valence-electron chi connectivity index (χ4n) is 10.5. The molecule has 0 amide bonds. The van der Waals surface area contributed by atoms with E-state index in [1.807, 2.05) is 24.3 Å². The van der Waals surface area contributed by atoms with E-state index in [-0.39, 0.29) is 0 Å². The van der Waals surface area contributed by atoms with E-state index in [0.717, 1.165) is 61.1 Å². The second kappa shape index (κ2) is 13.4. The molecule has 0 saturated carbocycles. The number of aromatic nitrogens is 2. The molecule has 0 N–H and O–H groups in total. The van der Waals surface area contributed by atoms with Crippen molar-refractivity contribution in [3.8, 4) is 78.4 Å². The Bertz CT molecular complexity index is 3530. The molecule has 13 rings (SSSR count). The second-order valence-electron chi connectivity index (χ2n) is 16.4. The van der Waals surface area contributed by atoms with Crippen molar-refractivity contribution in [3.05, 3.63) is 241 Å². The predicted octanol–water partition coefficient (Wildman–Crippen LogP) is 15.1. The third-order valence-electron chi connectivity index (χ3n) is 13.1. The normalized spacial score (nSPS) is 13.0. The molecule has 0 saturated heterocycles. The first-order valence-corrected chi connectivity index (χ1v) is 21.2. The van der Waals surface area contributed by atoms with Crippen LogP contribution in [0.3, 0.4) is 0 Å². The van der Waals surface area contributed by atoms with E-state index in [1.165, 1.54) is 55.6 Å².